The van der Waals surface area contributed by atoms with E-state index in [0.29, 0.717) is 10.8 Å². The SMILES string of the molecule is Cc1cccc(N[C@H](c2ccc(F)cc2)c2c(NC(=O)c3ccco3)sc(C)c2C)n1. The van der Waals surface area contributed by atoms with Gasteiger partial charge < -0.3 is 15.1 Å². The van der Waals surface area contributed by atoms with Crippen LogP contribution in [0.4, 0.5) is 15.2 Å². The maximum Gasteiger partial charge on any atom is 0.291 e. The summed E-state index contributed by atoms with van der Waals surface area (Å²) < 4.78 is 18.9. The molecule has 0 bridgehead atoms. The average Bonchev–Trinajstić information content (AvgIpc) is 3.37. The number of pyridine rings is 1. The van der Waals surface area contributed by atoms with Crippen molar-refractivity contribution in [1.82, 2.24) is 4.98 Å². The van der Waals surface area contributed by atoms with Crippen molar-refractivity contribution >= 4 is 28.1 Å². The summed E-state index contributed by atoms with van der Waals surface area (Å²) in [6, 6.07) is 15.0. The van der Waals surface area contributed by atoms with Crippen molar-refractivity contribution in [2.45, 2.75) is 26.8 Å². The molecule has 0 aliphatic heterocycles. The molecule has 1 atom stereocenters. The monoisotopic (exact) mass is 435 g/mol. The van der Waals surface area contributed by atoms with Crippen LogP contribution in [-0.2, 0) is 0 Å². The first-order valence-corrected chi connectivity index (χ1v) is 10.6. The predicted octanol–water partition coefficient (Wildman–Crippen LogP) is 6.25. The lowest BCUT2D eigenvalue weighted by Gasteiger charge is -2.22. The fraction of sp³-hybridized carbons (Fsp3) is 0.167. The largest absolute Gasteiger partial charge is 0.459 e. The van der Waals surface area contributed by atoms with Gasteiger partial charge >= 0.3 is 0 Å². The van der Waals surface area contributed by atoms with Gasteiger partial charge in [-0.05, 0) is 68.3 Å². The van der Waals surface area contributed by atoms with Crippen LogP contribution in [0.2, 0.25) is 0 Å². The smallest absolute Gasteiger partial charge is 0.291 e. The molecule has 1 amide bonds. The molecule has 0 fully saturated rings. The van der Waals surface area contributed by atoms with Crippen LogP contribution in [0.3, 0.4) is 0 Å². The van der Waals surface area contributed by atoms with Gasteiger partial charge in [0.1, 0.15) is 16.6 Å². The number of benzene rings is 1. The summed E-state index contributed by atoms with van der Waals surface area (Å²) in [5.41, 5.74) is 3.71. The van der Waals surface area contributed by atoms with Gasteiger partial charge in [0.15, 0.2) is 5.76 Å². The van der Waals surface area contributed by atoms with E-state index < -0.39 is 0 Å². The minimum absolute atomic E-state index is 0.237. The van der Waals surface area contributed by atoms with Crippen LogP contribution in [-0.4, -0.2) is 10.9 Å². The Balaban J connectivity index is 1.78. The standard InChI is InChI=1S/C24H22FN3O2S/c1-14-6-4-8-20(26-14)27-22(17-9-11-18(25)12-10-17)21-15(2)16(3)31-24(21)28-23(29)19-7-5-13-30-19/h4-13,22H,1-3H3,(H,26,27)(H,28,29)/t22-/m1/s1. The van der Waals surface area contributed by atoms with E-state index in [0.717, 1.165) is 27.3 Å². The van der Waals surface area contributed by atoms with Gasteiger partial charge in [-0.2, -0.15) is 0 Å². The van der Waals surface area contributed by atoms with E-state index in [1.54, 1.807) is 24.3 Å². The number of carbonyl (C=O) groups is 1. The Labute approximate surface area is 184 Å². The molecule has 3 heterocycles. The second kappa shape index (κ2) is 8.73. The van der Waals surface area contributed by atoms with Crippen LogP contribution in [0.15, 0.2) is 65.3 Å². The van der Waals surface area contributed by atoms with Crippen molar-refractivity contribution in [2.24, 2.45) is 0 Å². The molecule has 158 valence electrons. The molecule has 1 aromatic carbocycles. The van der Waals surface area contributed by atoms with E-state index in [9.17, 15) is 9.18 Å². The summed E-state index contributed by atoms with van der Waals surface area (Å²) in [4.78, 5) is 18.3. The van der Waals surface area contributed by atoms with Crippen LogP contribution < -0.4 is 10.6 Å². The third-order valence-corrected chi connectivity index (χ3v) is 6.21. The molecule has 31 heavy (non-hydrogen) atoms. The van der Waals surface area contributed by atoms with Crippen LogP contribution in [0.5, 0.6) is 0 Å². The number of rotatable bonds is 6. The molecule has 0 radical (unpaired) electrons. The molecule has 0 unspecified atom stereocenters. The zero-order chi connectivity index (χ0) is 22.0. The second-order valence-electron chi connectivity index (χ2n) is 7.25. The van der Waals surface area contributed by atoms with Crippen molar-refractivity contribution in [3.8, 4) is 0 Å². The number of aryl methyl sites for hydroxylation is 2. The van der Waals surface area contributed by atoms with Gasteiger partial charge in [-0.1, -0.05) is 18.2 Å². The number of aromatic nitrogens is 1. The molecule has 4 aromatic rings. The van der Waals surface area contributed by atoms with Gasteiger partial charge in [-0.25, -0.2) is 9.37 Å². The van der Waals surface area contributed by atoms with E-state index in [1.807, 2.05) is 39.0 Å². The number of nitrogens with zero attached hydrogens (tertiary/aromatic N) is 1. The van der Waals surface area contributed by atoms with Crippen LogP contribution in [0.1, 0.15) is 43.9 Å². The highest BCUT2D eigenvalue weighted by atomic mass is 32.1. The predicted molar refractivity (Wildman–Crippen MR) is 121 cm³/mol. The number of thiophene rings is 1. The third-order valence-electron chi connectivity index (χ3n) is 5.08. The highest BCUT2D eigenvalue weighted by Gasteiger charge is 2.25. The number of hydrogen-bond acceptors (Lipinski definition) is 5. The van der Waals surface area contributed by atoms with E-state index in [1.165, 1.54) is 29.7 Å². The van der Waals surface area contributed by atoms with Crippen LogP contribution >= 0.6 is 11.3 Å². The number of amides is 1. The Morgan fingerprint density at radius 2 is 1.84 bits per heavy atom. The molecule has 0 saturated carbocycles. The lowest BCUT2D eigenvalue weighted by atomic mass is 9.96. The van der Waals surface area contributed by atoms with Crippen molar-refractivity contribution in [1.29, 1.82) is 0 Å². The molecule has 0 spiro atoms. The Morgan fingerprint density at radius 3 is 2.52 bits per heavy atom. The zero-order valence-corrected chi connectivity index (χ0v) is 18.2. The summed E-state index contributed by atoms with van der Waals surface area (Å²) in [5, 5.41) is 7.17. The maximum atomic E-state index is 13.6. The quantitative estimate of drug-likeness (QED) is 0.375. The Morgan fingerprint density at radius 1 is 1.06 bits per heavy atom. The summed E-state index contributed by atoms with van der Waals surface area (Å²) in [6.07, 6.45) is 1.47. The van der Waals surface area contributed by atoms with Gasteiger partial charge in [0.2, 0.25) is 0 Å². The summed E-state index contributed by atoms with van der Waals surface area (Å²) >= 11 is 1.50. The lowest BCUT2D eigenvalue weighted by Crippen LogP contribution is -2.18. The van der Waals surface area contributed by atoms with Crippen molar-refractivity contribution in [3.05, 3.63) is 99.7 Å². The molecule has 4 rings (SSSR count). The van der Waals surface area contributed by atoms with Gasteiger partial charge in [0, 0.05) is 16.1 Å². The first-order chi connectivity index (χ1) is 14.9. The molecule has 2 N–H and O–H groups in total. The Bertz CT molecular complexity index is 1200. The van der Waals surface area contributed by atoms with Gasteiger partial charge in [0.25, 0.3) is 5.91 Å². The Hall–Kier alpha value is -3.45. The fourth-order valence-electron chi connectivity index (χ4n) is 3.41. The van der Waals surface area contributed by atoms with Crippen LogP contribution in [0.25, 0.3) is 0 Å². The first kappa shape index (κ1) is 20.8. The zero-order valence-electron chi connectivity index (χ0n) is 17.4. The first-order valence-electron chi connectivity index (χ1n) is 9.83. The Kier molecular flexibility index (Phi) is 5.86. The molecule has 0 aliphatic rings. The molecule has 0 aliphatic carbocycles. The topological polar surface area (TPSA) is 67.2 Å². The van der Waals surface area contributed by atoms with Crippen molar-refractivity contribution in [2.75, 3.05) is 10.6 Å². The van der Waals surface area contributed by atoms with Crippen molar-refractivity contribution < 1.29 is 13.6 Å². The third kappa shape index (κ3) is 4.51. The summed E-state index contributed by atoms with van der Waals surface area (Å²) in [7, 11) is 0. The number of furan rings is 1. The lowest BCUT2D eigenvalue weighted by molar-refractivity contribution is 0.0997. The van der Waals surface area contributed by atoms with E-state index in [-0.39, 0.29) is 23.5 Å². The van der Waals surface area contributed by atoms with Crippen LogP contribution in [0, 0.1) is 26.6 Å². The minimum atomic E-state index is -0.341. The molecular formula is C24H22FN3O2S. The van der Waals surface area contributed by atoms with Gasteiger partial charge in [0.05, 0.1) is 12.3 Å². The maximum absolute atomic E-state index is 13.6. The number of halogens is 1. The number of hydrogen-bond donors (Lipinski definition) is 2. The van der Waals surface area contributed by atoms with Crippen molar-refractivity contribution in [3.63, 3.8) is 0 Å². The molecule has 7 heteroatoms. The van der Waals surface area contributed by atoms with E-state index in [4.69, 9.17) is 4.42 Å². The normalized spacial score (nSPS) is 11.9. The summed E-state index contributed by atoms with van der Waals surface area (Å²) in [6.45, 7) is 5.96. The minimum Gasteiger partial charge on any atom is -0.459 e. The molecular weight excluding hydrogens is 413 g/mol. The molecule has 3 aromatic heterocycles. The highest BCUT2D eigenvalue weighted by molar-refractivity contribution is 7.16. The summed E-state index contributed by atoms with van der Waals surface area (Å²) in [5.74, 6) is 0.307. The molecule has 5 nitrogen and oxygen atoms in total. The van der Waals surface area contributed by atoms with E-state index in [2.05, 4.69) is 15.6 Å². The van der Waals surface area contributed by atoms with E-state index >= 15 is 0 Å². The average molecular weight is 436 g/mol. The fourth-order valence-corrected chi connectivity index (χ4v) is 4.50. The van der Waals surface area contributed by atoms with Gasteiger partial charge in [-0.15, -0.1) is 11.3 Å². The number of carbonyl (C=O) groups excluding carboxylic acids is 1. The number of nitrogens with one attached hydrogen (secondary N) is 2. The molecule has 0 saturated heterocycles. The number of anilines is 2. The highest BCUT2D eigenvalue weighted by Crippen LogP contribution is 2.41. The second-order valence-corrected chi connectivity index (χ2v) is 8.48. The van der Waals surface area contributed by atoms with Gasteiger partial charge in [-0.3, -0.25) is 4.79 Å².